The van der Waals surface area contributed by atoms with Crippen molar-refractivity contribution >= 4 is 0 Å². The lowest BCUT2D eigenvalue weighted by atomic mass is 10.0. The summed E-state index contributed by atoms with van der Waals surface area (Å²) in [4.78, 5) is 0. The topological polar surface area (TPSA) is 46.3 Å². The lowest BCUT2D eigenvalue weighted by Gasteiger charge is -2.01. The van der Waals surface area contributed by atoms with Gasteiger partial charge in [0.1, 0.15) is 12.3 Å². The van der Waals surface area contributed by atoms with Gasteiger partial charge in [-0.2, -0.15) is 0 Å². The monoisotopic (exact) mass is 203 g/mol. The Morgan fingerprint density at radius 3 is 2.60 bits per heavy atom. The van der Waals surface area contributed by atoms with E-state index in [4.69, 9.17) is 9.63 Å². The van der Waals surface area contributed by atoms with Gasteiger partial charge in [0.25, 0.3) is 0 Å². The van der Waals surface area contributed by atoms with Gasteiger partial charge >= 0.3 is 0 Å². The van der Waals surface area contributed by atoms with Gasteiger partial charge in [0, 0.05) is 11.6 Å². The van der Waals surface area contributed by atoms with E-state index < -0.39 is 0 Å². The largest absolute Gasteiger partial charge is 0.388 e. The van der Waals surface area contributed by atoms with Crippen LogP contribution in [0.1, 0.15) is 16.9 Å². The Labute approximate surface area is 88.3 Å². The third kappa shape index (κ3) is 1.92. The van der Waals surface area contributed by atoms with Gasteiger partial charge in [0.05, 0.1) is 0 Å². The highest BCUT2D eigenvalue weighted by Crippen LogP contribution is 2.21. The van der Waals surface area contributed by atoms with E-state index in [2.05, 4.69) is 31.1 Å². The summed E-state index contributed by atoms with van der Waals surface area (Å²) < 4.78 is 4.94. The number of aliphatic hydroxyl groups excluding tert-OH is 1. The molecule has 0 atom stereocenters. The summed E-state index contributed by atoms with van der Waals surface area (Å²) in [5.74, 6) is 0.489. The third-order valence-electron chi connectivity index (χ3n) is 2.52. The van der Waals surface area contributed by atoms with Crippen LogP contribution in [0.5, 0.6) is 0 Å². The number of aliphatic hydroxyl groups is 1. The van der Waals surface area contributed by atoms with Gasteiger partial charge in [-0.3, -0.25) is 0 Å². The predicted octanol–water partition coefficient (Wildman–Crippen LogP) is 2.45. The summed E-state index contributed by atoms with van der Waals surface area (Å²) >= 11 is 0. The second-order valence-electron chi connectivity index (χ2n) is 3.64. The molecule has 0 amide bonds. The maximum atomic E-state index is 8.86. The standard InChI is InChI=1S/C12H13NO2/c1-8-3-4-10(5-9(8)2)12-6-11(7-14)15-13-12/h3-6,14H,7H2,1-2H3. The smallest absolute Gasteiger partial charge is 0.162 e. The summed E-state index contributed by atoms with van der Waals surface area (Å²) in [5, 5.41) is 12.8. The van der Waals surface area contributed by atoms with Crippen molar-refractivity contribution in [3.63, 3.8) is 0 Å². The Kier molecular flexibility index (Phi) is 2.56. The van der Waals surface area contributed by atoms with Gasteiger partial charge in [0.15, 0.2) is 5.76 Å². The Morgan fingerprint density at radius 1 is 1.20 bits per heavy atom. The highest BCUT2D eigenvalue weighted by molar-refractivity contribution is 5.60. The van der Waals surface area contributed by atoms with Crippen LogP contribution in [0.3, 0.4) is 0 Å². The van der Waals surface area contributed by atoms with Crippen molar-refractivity contribution < 1.29 is 9.63 Å². The molecule has 0 bridgehead atoms. The third-order valence-corrected chi connectivity index (χ3v) is 2.52. The normalized spacial score (nSPS) is 10.6. The second-order valence-corrected chi connectivity index (χ2v) is 3.64. The summed E-state index contributed by atoms with van der Waals surface area (Å²) in [5.41, 5.74) is 4.26. The zero-order chi connectivity index (χ0) is 10.8. The van der Waals surface area contributed by atoms with Crippen molar-refractivity contribution in [2.24, 2.45) is 0 Å². The van der Waals surface area contributed by atoms with Crippen LogP contribution in [0.2, 0.25) is 0 Å². The number of benzene rings is 1. The zero-order valence-corrected chi connectivity index (χ0v) is 8.82. The fraction of sp³-hybridized carbons (Fsp3) is 0.250. The van der Waals surface area contributed by atoms with Crippen LogP contribution in [0, 0.1) is 13.8 Å². The van der Waals surface area contributed by atoms with E-state index in [1.807, 2.05) is 6.07 Å². The van der Waals surface area contributed by atoms with Crippen molar-refractivity contribution in [2.45, 2.75) is 20.5 Å². The molecule has 78 valence electrons. The Balaban J connectivity index is 2.40. The Hall–Kier alpha value is -1.61. The lowest BCUT2D eigenvalue weighted by molar-refractivity contribution is 0.229. The summed E-state index contributed by atoms with van der Waals surface area (Å²) in [6.07, 6.45) is 0. The van der Waals surface area contributed by atoms with Crippen LogP contribution >= 0.6 is 0 Å². The van der Waals surface area contributed by atoms with Gasteiger partial charge in [-0.1, -0.05) is 17.3 Å². The summed E-state index contributed by atoms with van der Waals surface area (Å²) in [6, 6.07) is 7.87. The van der Waals surface area contributed by atoms with Crippen LogP contribution in [0.4, 0.5) is 0 Å². The van der Waals surface area contributed by atoms with Crippen LogP contribution < -0.4 is 0 Å². The van der Waals surface area contributed by atoms with Crippen LogP contribution in [0.15, 0.2) is 28.8 Å². The molecule has 3 nitrogen and oxygen atoms in total. The molecule has 2 rings (SSSR count). The lowest BCUT2D eigenvalue weighted by Crippen LogP contribution is -1.83. The van der Waals surface area contributed by atoms with Crippen molar-refractivity contribution in [3.05, 3.63) is 41.2 Å². The first-order chi connectivity index (χ1) is 7.20. The second kappa shape index (κ2) is 3.87. The quantitative estimate of drug-likeness (QED) is 0.815. The van der Waals surface area contributed by atoms with Gasteiger partial charge in [-0.15, -0.1) is 0 Å². The fourth-order valence-electron chi connectivity index (χ4n) is 1.42. The molecule has 2 aromatic rings. The molecular formula is C12H13NO2. The number of hydrogen-bond acceptors (Lipinski definition) is 3. The minimum atomic E-state index is -0.113. The highest BCUT2D eigenvalue weighted by Gasteiger charge is 2.06. The molecule has 0 aliphatic heterocycles. The molecule has 15 heavy (non-hydrogen) atoms. The Bertz CT molecular complexity index is 474. The highest BCUT2D eigenvalue weighted by atomic mass is 16.5. The molecular weight excluding hydrogens is 190 g/mol. The van der Waals surface area contributed by atoms with E-state index >= 15 is 0 Å². The molecule has 0 aliphatic rings. The van der Waals surface area contributed by atoms with E-state index in [1.165, 1.54) is 11.1 Å². The van der Waals surface area contributed by atoms with Crippen molar-refractivity contribution in [3.8, 4) is 11.3 Å². The average Bonchev–Trinajstić information content (AvgIpc) is 2.70. The molecule has 0 unspecified atom stereocenters. The number of aromatic nitrogens is 1. The molecule has 0 saturated carbocycles. The molecule has 0 spiro atoms. The zero-order valence-electron chi connectivity index (χ0n) is 8.82. The predicted molar refractivity (Wildman–Crippen MR) is 57.3 cm³/mol. The van der Waals surface area contributed by atoms with Gasteiger partial charge in [-0.05, 0) is 31.0 Å². The van der Waals surface area contributed by atoms with Gasteiger partial charge < -0.3 is 9.63 Å². The van der Waals surface area contributed by atoms with E-state index in [0.29, 0.717) is 5.76 Å². The first-order valence-electron chi connectivity index (χ1n) is 4.85. The maximum Gasteiger partial charge on any atom is 0.162 e. The van der Waals surface area contributed by atoms with Crippen molar-refractivity contribution in [1.29, 1.82) is 0 Å². The maximum absolute atomic E-state index is 8.86. The minimum absolute atomic E-state index is 0.113. The van der Waals surface area contributed by atoms with Crippen molar-refractivity contribution in [2.75, 3.05) is 0 Å². The number of hydrogen-bond donors (Lipinski definition) is 1. The summed E-state index contributed by atoms with van der Waals surface area (Å²) in [7, 11) is 0. The van der Waals surface area contributed by atoms with Crippen LogP contribution in [-0.2, 0) is 6.61 Å². The number of nitrogens with zero attached hydrogens (tertiary/aromatic N) is 1. The molecule has 0 aliphatic carbocycles. The van der Waals surface area contributed by atoms with Crippen LogP contribution in [0.25, 0.3) is 11.3 Å². The first-order valence-corrected chi connectivity index (χ1v) is 4.85. The Morgan fingerprint density at radius 2 is 2.00 bits per heavy atom. The van der Waals surface area contributed by atoms with Gasteiger partial charge in [-0.25, -0.2) is 0 Å². The SMILES string of the molecule is Cc1ccc(-c2cc(CO)on2)cc1C. The number of rotatable bonds is 2. The summed E-state index contributed by atoms with van der Waals surface area (Å²) in [6.45, 7) is 4.02. The van der Waals surface area contributed by atoms with E-state index in [0.717, 1.165) is 11.3 Å². The van der Waals surface area contributed by atoms with E-state index in [1.54, 1.807) is 6.07 Å². The van der Waals surface area contributed by atoms with Gasteiger partial charge in [0.2, 0.25) is 0 Å². The average molecular weight is 203 g/mol. The molecule has 0 radical (unpaired) electrons. The molecule has 0 fully saturated rings. The first kappa shape index (κ1) is 9.93. The molecule has 1 N–H and O–H groups in total. The molecule has 0 saturated heterocycles. The minimum Gasteiger partial charge on any atom is -0.388 e. The van der Waals surface area contributed by atoms with E-state index in [-0.39, 0.29) is 6.61 Å². The molecule has 1 aromatic heterocycles. The fourth-order valence-corrected chi connectivity index (χ4v) is 1.42. The van der Waals surface area contributed by atoms with Crippen molar-refractivity contribution in [1.82, 2.24) is 5.16 Å². The molecule has 3 heteroatoms. The van der Waals surface area contributed by atoms with Crippen LogP contribution in [-0.4, -0.2) is 10.3 Å². The van der Waals surface area contributed by atoms with E-state index in [9.17, 15) is 0 Å². The number of aryl methyl sites for hydroxylation is 2. The molecule has 1 aromatic carbocycles. The molecule has 1 heterocycles.